The van der Waals surface area contributed by atoms with Gasteiger partial charge in [0.2, 0.25) is 0 Å². The molecular formula is C11H14O. The first kappa shape index (κ1) is 5.64. The average Bonchev–Trinajstić information content (AvgIpc) is 2.51. The molecule has 0 aromatic rings. The monoisotopic (exact) mass is 162 g/mol. The number of ether oxygens (including phenoxy) is 1. The van der Waals surface area contributed by atoms with Gasteiger partial charge in [-0.3, -0.25) is 0 Å². The Morgan fingerprint density at radius 2 is 1.58 bits per heavy atom. The lowest BCUT2D eigenvalue weighted by molar-refractivity contribution is -0.189. The lowest BCUT2D eigenvalue weighted by Gasteiger charge is -2.54. The molecule has 0 aromatic heterocycles. The second-order valence-corrected chi connectivity index (χ2v) is 5.74. The average molecular weight is 162 g/mol. The maximum atomic E-state index is 5.96. The fraction of sp³-hybridized carbons (Fsp3) is 1.00. The Morgan fingerprint density at radius 3 is 2.58 bits per heavy atom. The molecule has 1 nitrogen and oxygen atoms in total. The van der Waals surface area contributed by atoms with Crippen molar-refractivity contribution in [3.63, 3.8) is 0 Å². The van der Waals surface area contributed by atoms with Gasteiger partial charge in [0.25, 0.3) is 0 Å². The predicted octanol–water partition coefficient (Wildman–Crippen LogP) is 1.53. The van der Waals surface area contributed by atoms with E-state index in [9.17, 15) is 0 Å². The van der Waals surface area contributed by atoms with Crippen molar-refractivity contribution in [3.8, 4) is 0 Å². The zero-order valence-electron chi connectivity index (χ0n) is 7.15. The second kappa shape index (κ2) is 1.39. The molecule has 1 heterocycles. The molecule has 0 amide bonds. The van der Waals surface area contributed by atoms with Crippen LogP contribution >= 0.6 is 0 Å². The molecule has 5 fully saturated rings. The first-order valence-corrected chi connectivity index (χ1v) is 5.57. The van der Waals surface area contributed by atoms with Crippen LogP contribution in [0.5, 0.6) is 0 Å². The quantitative estimate of drug-likeness (QED) is 0.525. The Bertz CT molecular complexity index is 264. The number of rotatable bonds is 0. The van der Waals surface area contributed by atoms with E-state index >= 15 is 0 Å². The normalized spacial score (nSPS) is 80.0. The molecule has 12 heavy (non-hydrogen) atoms. The Balaban J connectivity index is 1.82. The summed E-state index contributed by atoms with van der Waals surface area (Å²) in [7, 11) is 0. The van der Waals surface area contributed by atoms with Crippen molar-refractivity contribution in [3.05, 3.63) is 0 Å². The third kappa shape index (κ3) is 0.334. The highest BCUT2D eigenvalue weighted by Gasteiger charge is 2.75. The lowest BCUT2D eigenvalue weighted by atomic mass is 9.58. The molecule has 1 aliphatic heterocycles. The van der Waals surface area contributed by atoms with Crippen molar-refractivity contribution < 1.29 is 4.74 Å². The van der Waals surface area contributed by atoms with Gasteiger partial charge in [-0.1, -0.05) is 0 Å². The van der Waals surface area contributed by atoms with Crippen LogP contribution in [0.15, 0.2) is 0 Å². The summed E-state index contributed by atoms with van der Waals surface area (Å²) < 4.78 is 5.96. The SMILES string of the molecule is C1O[C@H]2[C@@H]3C[C@H]4[C@H]1[C@H]1C[C@@H]4[C@@H]3[C@H]12. The van der Waals surface area contributed by atoms with E-state index < -0.39 is 0 Å². The Morgan fingerprint density at radius 1 is 0.750 bits per heavy atom. The summed E-state index contributed by atoms with van der Waals surface area (Å²) in [6.45, 7) is 1.14. The summed E-state index contributed by atoms with van der Waals surface area (Å²) in [5.74, 6) is 7.67. The van der Waals surface area contributed by atoms with Crippen molar-refractivity contribution in [1.82, 2.24) is 0 Å². The fourth-order valence-electron chi connectivity index (χ4n) is 5.84. The second-order valence-electron chi connectivity index (χ2n) is 5.74. The van der Waals surface area contributed by atoms with E-state index in [1.807, 2.05) is 0 Å². The van der Waals surface area contributed by atoms with E-state index in [1.54, 1.807) is 12.8 Å². The van der Waals surface area contributed by atoms with Crippen LogP contribution < -0.4 is 0 Å². The van der Waals surface area contributed by atoms with Crippen LogP contribution in [-0.4, -0.2) is 12.7 Å². The minimum Gasteiger partial charge on any atom is -0.377 e. The van der Waals surface area contributed by atoms with Gasteiger partial charge in [0.15, 0.2) is 0 Å². The lowest BCUT2D eigenvalue weighted by Crippen LogP contribution is -2.56. The molecule has 0 unspecified atom stereocenters. The summed E-state index contributed by atoms with van der Waals surface area (Å²) in [6.07, 6.45) is 3.90. The van der Waals surface area contributed by atoms with Crippen molar-refractivity contribution in [2.75, 3.05) is 6.61 Å². The molecule has 2 bridgehead atoms. The van der Waals surface area contributed by atoms with Crippen molar-refractivity contribution in [2.24, 2.45) is 41.4 Å². The Kier molecular flexibility index (Phi) is 0.654. The molecule has 64 valence electrons. The maximum absolute atomic E-state index is 5.96. The van der Waals surface area contributed by atoms with Gasteiger partial charge in [-0.2, -0.15) is 0 Å². The van der Waals surface area contributed by atoms with Gasteiger partial charge in [-0.05, 0) is 54.3 Å². The zero-order valence-corrected chi connectivity index (χ0v) is 7.15. The summed E-state index contributed by atoms with van der Waals surface area (Å²) in [5, 5.41) is 0. The van der Waals surface area contributed by atoms with Crippen LogP contribution in [-0.2, 0) is 4.74 Å². The Labute approximate surface area is 72.5 Å². The van der Waals surface area contributed by atoms with Crippen LogP contribution in [0, 0.1) is 41.4 Å². The maximum Gasteiger partial charge on any atom is 0.0640 e. The number of hydrogen-bond donors (Lipinski definition) is 0. The van der Waals surface area contributed by atoms with Crippen LogP contribution in [0.4, 0.5) is 0 Å². The minimum absolute atomic E-state index is 0.744. The molecular weight excluding hydrogens is 148 g/mol. The van der Waals surface area contributed by atoms with Gasteiger partial charge in [-0.15, -0.1) is 0 Å². The standard InChI is InChI=1S/C11H14O/c1-4-5-2-6-8(4)3-12-11-7(1)9(5)10(6)11/h4-11H,1-3H2/t4-,5+,6-,7-,8+,9+,10+,11+/m1/s1. The largest absolute Gasteiger partial charge is 0.377 e. The van der Waals surface area contributed by atoms with Crippen LogP contribution in [0.25, 0.3) is 0 Å². The molecule has 4 aliphatic carbocycles. The van der Waals surface area contributed by atoms with Gasteiger partial charge in [-0.25, -0.2) is 0 Å². The van der Waals surface area contributed by atoms with E-state index in [2.05, 4.69) is 0 Å². The van der Waals surface area contributed by atoms with Gasteiger partial charge in [0.05, 0.1) is 12.7 Å². The van der Waals surface area contributed by atoms with Crippen LogP contribution in [0.1, 0.15) is 12.8 Å². The van der Waals surface area contributed by atoms with Gasteiger partial charge < -0.3 is 4.74 Å². The van der Waals surface area contributed by atoms with Gasteiger partial charge in [0, 0.05) is 0 Å². The summed E-state index contributed by atoms with van der Waals surface area (Å²) in [6, 6.07) is 0. The third-order valence-electron chi connectivity index (χ3n) is 5.95. The first-order chi connectivity index (χ1) is 5.95. The van der Waals surface area contributed by atoms with Crippen LogP contribution in [0.3, 0.4) is 0 Å². The third-order valence-corrected chi connectivity index (χ3v) is 5.95. The molecule has 4 saturated carbocycles. The highest BCUT2D eigenvalue weighted by atomic mass is 16.5. The van der Waals surface area contributed by atoms with E-state index in [4.69, 9.17) is 4.74 Å². The predicted molar refractivity (Wildman–Crippen MR) is 43.4 cm³/mol. The topological polar surface area (TPSA) is 9.23 Å². The molecule has 0 spiro atoms. The van der Waals surface area contributed by atoms with Crippen molar-refractivity contribution in [2.45, 2.75) is 18.9 Å². The Hall–Kier alpha value is -0.0400. The molecule has 5 aliphatic rings. The molecule has 1 heteroatoms. The summed E-state index contributed by atoms with van der Waals surface area (Å²) in [5.41, 5.74) is 0. The van der Waals surface area contributed by atoms with E-state index in [0.717, 1.165) is 48.2 Å². The highest BCUT2D eigenvalue weighted by molar-refractivity contribution is 5.22. The summed E-state index contributed by atoms with van der Waals surface area (Å²) in [4.78, 5) is 0. The van der Waals surface area contributed by atoms with E-state index in [0.29, 0.717) is 0 Å². The van der Waals surface area contributed by atoms with Crippen molar-refractivity contribution >= 4 is 0 Å². The molecule has 0 N–H and O–H groups in total. The smallest absolute Gasteiger partial charge is 0.0640 e. The fourth-order valence-corrected chi connectivity index (χ4v) is 5.84. The summed E-state index contributed by atoms with van der Waals surface area (Å²) >= 11 is 0. The van der Waals surface area contributed by atoms with E-state index in [1.165, 1.54) is 5.92 Å². The molecule has 5 rings (SSSR count). The van der Waals surface area contributed by atoms with Crippen LogP contribution in [0.2, 0.25) is 0 Å². The van der Waals surface area contributed by atoms with E-state index in [-0.39, 0.29) is 0 Å². The van der Waals surface area contributed by atoms with Crippen molar-refractivity contribution in [1.29, 1.82) is 0 Å². The molecule has 0 aromatic carbocycles. The van der Waals surface area contributed by atoms with Gasteiger partial charge in [0.1, 0.15) is 0 Å². The van der Waals surface area contributed by atoms with Gasteiger partial charge >= 0.3 is 0 Å². The number of fused-ring (bicyclic) bond motifs is 2. The first-order valence-electron chi connectivity index (χ1n) is 5.57. The molecule has 8 atom stereocenters. The highest BCUT2D eigenvalue weighted by Crippen LogP contribution is 2.76. The minimum atomic E-state index is 0.744. The number of hydrogen-bond acceptors (Lipinski definition) is 1. The molecule has 1 saturated heterocycles. The zero-order chi connectivity index (χ0) is 7.45. The molecule has 0 radical (unpaired) electrons.